The van der Waals surface area contributed by atoms with Gasteiger partial charge in [-0.1, -0.05) is 17.3 Å². The van der Waals surface area contributed by atoms with Crippen molar-refractivity contribution in [3.63, 3.8) is 0 Å². The Balaban J connectivity index is 2.34. The average Bonchev–Trinajstić information content (AvgIpc) is 2.67. The lowest BCUT2D eigenvalue weighted by Crippen LogP contribution is -1.76. The van der Waals surface area contributed by atoms with Gasteiger partial charge in [0.1, 0.15) is 5.69 Å². The van der Waals surface area contributed by atoms with Crippen LogP contribution in [0.3, 0.4) is 0 Å². The van der Waals surface area contributed by atoms with Crippen LogP contribution in [0, 0.1) is 3.57 Å². The highest BCUT2D eigenvalue weighted by Crippen LogP contribution is 2.20. The summed E-state index contributed by atoms with van der Waals surface area (Å²) in [6, 6.07) is 9.94. The van der Waals surface area contributed by atoms with Crippen molar-refractivity contribution in [2.45, 2.75) is 5.88 Å². The molecule has 2 aromatic rings. The van der Waals surface area contributed by atoms with E-state index in [1.807, 2.05) is 30.3 Å². The molecule has 2 rings (SSSR count). The number of benzene rings is 1. The van der Waals surface area contributed by atoms with Crippen LogP contribution in [0.15, 0.2) is 34.9 Å². The van der Waals surface area contributed by atoms with E-state index in [0.29, 0.717) is 11.6 Å². The lowest BCUT2D eigenvalue weighted by atomic mass is 10.1. The highest BCUT2D eigenvalue weighted by Gasteiger charge is 2.04. The molecule has 0 N–H and O–H groups in total. The number of hydrogen-bond donors (Lipinski definition) is 0. The van der Waals surface area contributed by atoms with E-state index >= 15 is 0 Å². The summed E-state index contributed by atoms with van der Waals surface area (Å²) in [5, 5.41) is 3.93. The first-order valence-electron chi connectivity index (χ1n) is 4.07. The number of alkyl halides is 1. The number of halogens is 2. The lowest BCUT2D eigenvalue weighted by Gasteiger charge is -1.94. The summed E-state index contributed by atoms with van der Waals surface area (Å²) in [6.07, 6.45) is 0. The van der Waals surface area contributed by atoms with E-state index in [2.05, 4.69) is 27.7 Å². The molecule has 0 saturated carbocycles. The second-order valence-corrected chi connectivity index (χ2v) is 4.33. The van der Waals surface area contributed by atoms with E-state index in [9.17, 15) is 0 Å². The zero-order valence-electron chi connectivity index (χ0n) is 7.21. The largest absolute Gasteiger partial charge is 0.359 e. The lowest BCUT2D eigenvalue weighted by molar-refractivity contribution is 0.396. The number of hydrogen-bond acceptors (Lipinski definition) is 2. The number of rotatable bonds is 2. The van der Waals surface area contributed by atoms with Gasteiger partial charge in [-0.2, -0.15) is 0 Å². The first-order valence-corrected chi connectivity index (χ1v) is 5.68. The highest BCUT2D eigenvalue weighted by molar-refractivity contribution is 14.1. The molecule has 1 aromatic heterocycles. The van der Waals surface area contributed by atoms with Gasteiger partial charge in [0.25, 0.3) is 0 Å². The second-order valence-electron chi connectivity index (χ2n) is 2.82. The summed E-state index contributed by atoms with van der Waals surface area (Å²) in [6.45, 7) is 0. The van der Waals surface area contributed by atoms with E-state index in [0.717, 1.165) is 11.3 Å². The molecule has 0 atom stereocenters. The maximum Gasteiger partial charge on any atom is 0.152 e. The fourth-order valence-corrected chi connectivity index (χ4v) is 1.62. The van der Waals surface area contributed by atoms with Gasteiger partial charge in [0.05, 0.1) is 5.88 Å². The van der Waals surface area contributed by atoms with E-state index in [1.54, 1.807) is 0 Å². The molecule has 0 saturated heterocycles. The smallest absolute Gasteiger partial charge is 0.152 e. The van der Waals surface area contributed by atoms with Crippen LogP contribution in [0.2, 0.25) is 0 Å². The van der Waals surface area contributed by atoms with Gasteiger partial charge in [-0.25, -0.2) is 0 Å². The van der Waals surface area contributed by atoms with Crippen molar-refractivity contribution < 1.29 is 4.52 Å². The van der Waals surface area contributed by atoms with Gasteiger partial charge in [0, 0.05) is 15.2 Å². The Hall–Kier alpha value is -0.550. The van der Waals surface area contributed by atoms with Crippen molar-refractivity contribution in [2.24, 2.45) is 0 Å². The SMILES string of the molecule is ClCc1cc(-c2ccc(I)cc2)no1. The first kappa shape index (κ1) is 9.98. The monoisotopic (exact) mass is 319 g/mol. The van der Waals surface area contributed by atoms with E-state index in [1.165, 1.54) is 3.57 Å². The Kier molecular flexibility index (Phi) is 3.08. The zero-order chi connectivity index (χ0) is 9.97. The predicted octanol–water partition coefficient (Wildman–Crippen LogP) is 3.69. The van der Waals surface area contributed by atoms with E-state index in [-0.39, 0.29) is 0 Å². The summed E-state index contributed by atoms with van der Waals surface area (Å²) in [5.41, 5.74) is 1.88. The van der Waals surface area contributed by atoms with Gasteiger partial charge in [-0.3, -0.25) is 0 Å². The van der Waals surface area contributed by atoms with Crippen LogP contribution in [0.5, 0.6) is 0 Å². The summed E-state index contributed by atoms with van der Waals surface area (Å²) < 4.78 is 6.22. The molecule has 0 bridgehead atoms. The molecule has 0 aliphatic rings. The van der Waals surface area contributed by atoms with Crippen molar-refractivity contribution in [1.29, 1.82) is 0 Å². The van der Waals surface area contributed by atoms with Gasteiger partial charge in [-0.05, 0) is 34.7 Å². The van der Waals surface area contributed by atoms with E-state index < -0.39 is 0 Å². The van der Waals surface area contributed by atoms with Gasteiger partial charge in [-0.15, -0.1) is 11.6 Å². The molecule has 14 heavy (non-hydrogen) atoms. The molecule has 1 aromatic carbocycles. The second kappa shape index (κ2) is 4.31. The van der Waals surface area contributed by atoms with Crippen LogP contribution in [-0.2, 0) is 5.88 Å². The molecule has 0 amide bonds. The molecule has 0 fully saturated rings. The molecule has 4 heteroatoms. The fraction of sp³-hybridized carbons (Fsp3) is 0.100. The van der Waals surface area contributed by atoms with Crippen molar-refractivity contribution in [3.05, 3.63) is 39.7 Å². The summed E-state index contributed by atoms with van der Waals surface area (Å²) in [5.74, 6) is 1.05. The van der Waals surface area contributed by atoms with Crippen LogP contribution in [0.25, 0.3) is 11.3 Å². The zero-order valence-corrected chi connectivity index (χ0v) is 10.1. The van der Waals surface area contributed by atoms with Crippen LogP contribution in [0.1, 0.15) is 5.76 Å². The Morgan fingerprint density at radius 3 is 2.57 bits per heavy atom. The Morgan fingerprint density at radius 1 is 1.29 bits per heavy atom. The van der Waals surface area contributed by atoms with E-state index in [4.69, 9.17) is 16.1 Å². The normalized spacial score (nSPS) is 10.4. The molecule has 72 valence electrons. The summed E-state index contributed by atoms with van der Waals surface area (Å²) >= 11 is 7.88. The molecule has 0 aliphatic heterocycles. The minimum absolute atomic E-state index is 0.359. The third kappa shape index (κ3) is 2.09. The molecule has 0 spiro atoms. The topological polar surface area (TPSA) is 26.0 Å². The average molecular weight is 320 g/mol. The predicted molar refractivity (Wildman–Crippen MR) is 64.2 cm³/mol. The van der Waals surface area contributed by atoms with Crippen molar-refractivity contribution in [3.8, 4) is 11.3 Å². The summed E-state index contributed by atoms with van der Waals surface area (Å²) in [4.78, 5) is 0. The van der Waals surface area contributed by atoms with Gasteiger partial charge in [0.15, 0.2) is 5.76 Å². The Morgan fingerprint density at radius 2 is 2.00 bits per heavy atom. The fourth-order valence-electron chi connectivity index (χ4n) is 1.13. The maximum atomic E-state index is 5.62. The Labute approximate surface area is 100 Å². The highest BCUT2D eigenvalue weighted by atomic mass is 127. The maximum absolute atomic E-state index is 5.62. The molecular formula is C10H7ClINO. The van der Waals surface area contributed by atoms with Gasteiger partial charge in [0.2, 0.25) is 0 Å². The van der Waals surface area contributed by atoms with Gasteiger partial charge < -0.3 is 4.52 Å². The van der Waals surface area contributed by atoms with Crippen molar-refractivity contribution in [1.82, 2.24) is 5.16 Å². The molecule has 0 aliphatic carbocycles. The van der Waals surface area contributed by atoms with Crippen LogP contribution < -0.4 is 0 Å². The molecule has 1 heterocycles. The van der Waals surface area contributed by atoms with Crippen molar-refractivity contribution >= 4 is 34.2 Å². The summed E-state index contributed by atoms with van der Waals surface area (Å²) in [7, 11) is 0. The Bertz CT molecular complexity index is 424. The number of aromatic nitrogens is 1. The van der Waals surface area contributed by atoms with Crippen LogP contribution >= 0.6 is 34.2 Å². The standard InChI is InChI=1S/C10H7ClINO/c11-6-9-5-10(13-14-9)7-1-3-8(12)4-2-7/h1-5H,6H2. The minimum Gasteiger partial charge on any atom is -0.359 e. The minimum atomic E-state index is 0.359. The third-order valence-electron chi connectivity index (χ3n) is 1.83. The molecule has 0 radical (unpaired) electrons. The van der Waals surface area contributed by atoms with Gasteiger partial charge >= 0.3 is 0 Å². The molecule has 2 nitrogen and oxygen atoms in total. The first-order chi connectivity index (χ1) is 6.79. The van der Waals surface area contributed by atoms with Crippen molar-refractivity contribution in [2.75, 3.05) is 0 Å². The third-order valence-corrected chi connectivity index (χ3v) is 2.81. The van der Waals surface area contributed by atoms with Crippen LogP contribution in [-0.4, -0.2) is 5.16 Å². The number of nitrogens with zero attached hydrogens (tertiary/aromatic N) is 1. The quantitative estimate of drug-likeness (QED) is 0.623. The van der Waals surface area contributed by atoms with Crippen LogP contribution in [0.4, 0.5) is 0 Å². The molecular weight excluding hydrogens is 312 g/mol. The molecule has 0 unspecified atom stereocenters.